The van der Waals surface area contributed by atoms with Crippen molar-refractivity contribution in [1.82, 2.24) is 5.32 Å². The van der Waals surface area contributed by atoms with Crippen LogP contribution in [0.1, 0.15) is 26.2 Å². The van der Waals surface area contributed by atoms with E-state index in [4.69, 9.17) is 16.2 Å². The van der Waals surface area contributed by atoms with Crippen LogP contribution in [0.5, 0.6) is 0 Å². The van der Waals surface area contributed by atoms with Gasteiger partial charge in [0.05, 0.1) is 6.61 Å². The van der Waals surface area contributed by atoms with Gasteiger partial charge >= 0.3 is 0 Å². The van der Waals surface area contributed by atoms with Crippen molar-refractivity contribution >= 4 is 11.8 Å². The summed E-state index contributed by atoms with van der Waals surface area (Å²) in [5, 5.41) is 2.81. The number of hydrogen-bond acceptors (Lipinski definition) is 4. The highest BCUT2D eigenvalue weighted by Crippen LogP contribution is 2.28. The minimum absolute atomic E-state index is 0.00936. The summed E-state index contributed by atoms with van der Waals surface area (Å²) in [6, 6.07) is 0.128. The number of rotatable bonds is 6. The van der Waals surface area contributed by atoms with Crippen LogP contribution in [-0.4, -0.2) is 37.6 Å². The van der Waals surface area contributed by atoms with Crippen LogP contribution >= 0.6 is 0 Å². The fourth-order valence-corrected chi connectivity index (χ4v) is 2.27. The normalized spacial score (nSPS) is 27.8. The van der Waals surface area contributed by atoms with E-state index in [1.165, 1.54) is 0 Å². The highest BCUT2D eigenvalue weighted by molar-refractivity contribution is 5.79. The van der Waals surface area contributed by atoms with Gasteiger partial charge in [-0.15, -0.1) is 0 Å². The molecule has 18 heavy (non-hydrogen) atoms. The number of hydrogen-bond donors (Lipinski definition) is 3. The van der Waals surface area contributed by atoms with E-state index in [9.17, 15) is 9.59 Å². The first-order valence-corrected chi connectivity index (χ1v) is 6.40. The van der Waals surface area contributed by atoms with Crippen molar-refractivity contribution in [1.29, 1.82) is 0 Å². The lowest BCUT2D eigenvalue weighted by molar-refractivity contribution is -0.128. The van der Waals surface area contributed by atoms with E-state index < -0.39 is 5.91 Å². The quantitative estimate of drug-likeness (QED) is 0.550. The molecule has 0 aromatic carbocycles. The van der Waals surface area contributed by atoms with Crippen LogP contribution in [0.3, 0.4) is 0 Å². The van der Waals surface area contributed by atoms with Gasteiger partial charge in [-0.1, -0.05) is 6.92 Å². The number of primary amides is 1. The molecule has 1 saturated carbocycles. The van der Waals surface area contributed by atoms with E-state index in [0.29, 0.717) is 19.1 Å². The van der Waals surface area contributed by atoms with Crippen LogP contribution in [-0.2, 0) is 14.3 Å². The zero-order valence-corrected chi connectivity index (χ0v) is 10.9. The van der Waals surface area contributed by atoms with Crippen molar-refractivity contribution in [2.24, 2.45) is 23.3 Å². The molecule has 0 heterocycles. The Labute approximate surface area is 107 Å². The molecule has 1 aliphatic rings. The number of carbonyl (C=O) groups is 2. The summed E-state index contributed by atoms with van der Waals surface area (Å²) >= 11 is 0. The first-order chi connectivity index (χ1) is 8.50. The predicted molar refractivity (Wildman–Crippen MR) is 67.5 cm³/mol. The number of amides is 2. The van der Waals surface area contributed by atoms with Gasteiger partial charge in [0, 0.05) is 18.5 Å². The molecule has 6 nitrogen and oxygen atoms in total. The highest BCUT2D eigenvalue weighted by atomic mass is 16.5. The second kappa shape index (κ2) is 7.33. The largest absolute Gasteiger partial charge is 0.370 e. The van der Waals surface area contributed by atoms with E-state index >= 15 is 0 Å². The third-order valence-corrected chi connectivity index (χ3v) is 3.36. The van der Waals surface area contributed by atoms with E-state index in [1.807, 2.05) is 0 Å². The van der Waals surface area contributed by atoms with Gasteiger partial charge in [-0.3, -0.25) is 9.59 Å². The molecule has 0 spiro atoms. The fraction of sp³-hybridized carbons (Fsp3) is 0.833. The standard InChI is InChI=1S/C12H23N3O3/c1-8-2-3-9(13)6-10(8)12(17)15-4-5-18-7-11(14)16/h8-10H,2-7,13H2,1H3,(H2,14,16)(H,15,17). The first-order valence-electron chi connectivity index (χ1n) is 6.40. The molecule has 2 amide bonds. The third kappa shape index (κ3) is 5.01. The van der Waals surface area contributed by atoms with E-state index in [-0.39, 0.29) is 24.5 Å². The topological polar surface area (TPSA) is 107 Å². The van der Waals surface area contributed by atoms with Gasteiger partial charge in [0.2, 0.25) is 11.8 Å². The third-order valence-electron chi connectivity index (χ3n) is 3.36. The molecule has 0 aromatic heterocycles. The van der Waals surface area contributed by atoms with Crippen LogP contribution in [0, 0.1) is 11.8 Å². The molecular weight excluding hydrogens is 234 g/mol. The van der Waals surface area contributed by atoms with Crippen molar-refractivity contribution < 1.29 is 14.3 Å². The van der Waals surface area contributed by atoms with Gasteiger partial charge in [0.15, 0.2) is 0 Å². The minimum atomic E-state index is -0.506. The Morgan fingerprint density at radius 1 is 1.39 bits per heavy atom. The maximum absolute atomic E-state index is 11.9. The summed E-state index contributed by atoms with van der Waals surface area (Å²) in [5.41, 5.74) is 10.8. The lowest BCUT2D eigenvalue weighted by Crippen LogP contribution is -2.42. The van der Waals surface area contributed by atoms with Crippen molar-refractivity contribution in [2.45, 2.75) is 32.2 Å². The van der Waals surface area contributed by atoms with Crippen LogP contribution in [0.4, 0.5) is 0 Å². The van der Waals surface area contributed by atoms with Gasteiger partial charge in [-0.05, 0) is 25.2 Å². The summed E-state index contributed by atoms with van der Waals surface area (Å²) in [6.07, 6.45) is 2.74. The molecule has 1 aliphatic carbocycles. The lowest BCUT2D eigenvalue weighted by Gasteiger charge is -2.31. The molecule has 0 aromatic rings. The molecule has 0 aliphatic heterocycles. The van der Waals surface area contributed by atoms with Gasteiger partial charge in [-0.25, -0.2) is 0 Å². The van der Waals surface area contributed by atoms with Crippen LogP contribution < -0.4 is 16.8 Å². The number of carbonyl (C=O) groups excluding carboxylic acids is 2. The maximum Gasteiger partial charge on any atom is 0.243 e. The predicted octanol–water partition coefficient (Wildman–Crippen LogP) is -0.632. The Morgan fingerprint density at radius 2 is 2.11 bits per heavy atom. The SMILES string of the molecule is CC1CCC(N)CC1C(=O)NCCOCC(N)=O. The molecule has 1 rings (SSSR count). The minimum Gasteiger partial charge on any atom is -0.370 e. The van der Waals surface area contributed by atoms with Crippen molar-refractivity contribution in [2.75, 3.05) is 19.8 Å². The summed E-state index contributed by atoms with van der Waals surface area (Å²) in [7, 11) is 0. The molecule has 6 heteroatoms. The van der Waals surface area contributed by atoms with Crippen molar-refractivity contribution in [3.8, 4) is 0 Å². The molecule has 0 saturated heterocycles. The zero-order chi connectivity index (χ0) is 13.5. The number of nitrogens with two attached hydrogens (primary N) is 2. The van der Waals surface area contributed by atoms with E-state index in [2.05, 4.69) is 12.2 Å². The summed E-state index contributed by atoms with van der Waals surface area (Å²) in [6.45, 7) is 2.66. The molecule has 3 atom stereocenters. The molecule has 0 radical (unpaired) electrons. The van der Waals surface area contributed by atoms with Crippen LogP contribution in [0.2, 0.25) is 0 Å². The molecule has 5 N–H and O–H groups in total. The Balaban J connectivity index is 2.21. The Morgan fingerprint density at radius 3 is 2.78 bits per heavy atom. The first kappa shape index (κ1) is 14.9. The number of nitrogens with one attached hydrogen (secondary N) is 1. The van der Waals surface area contributed by atoms with Crippen LogP contribution in [0.25, 0.3) is 0 Å². The summed E-state index contributed by atoms with van der Waals surface area (Å²) < 4.78 is 4.97. The average molecular weight is 257 g/mol. The molecule has 1 fully saturated rings. The second-order valence-corrected chi connectivity index (χ2v) is 4.97. The summed E-state index contributed by atoms with van der Waals surface area (Å²) in [5.74, 6) is -0.116. The maximum atomic E-state index is 11.9. The van der Waals surface area contributed by atoms with Gasteiger partial charge in [0.1, 0.15) is 6.61 Å². The van der Waals surface area contributed by atoms with E-state index in [0.717, 1.165) is 19.3 Å². The van der Waals surface area contributed by atoms with Crippen molar-refractivity contribution in [3.05, 3.63) is 0 Å². The average Bonchev–Trinajstić information content (AvgIpc) is 2.31. The summed E-state index contributed by atoms with van der Waals surface area (Å²) in [4.78, 5) is 22.4. The van der Waals surface area contributed by atoms with E-state index in [1.54, 1.807) is 0 Å². The van der Waals surface area contributed by atoms with Gasteiger partial charge in [-0.2, -0.15) is 0 Å². The highest BCUT2D eigenvalue weighted by Gasteiger charge is 2.30. The number of ether oxygens (including phenoxy) is 1. The second-order valence-electron chi connectivity index (χ2n) is 4.97. The Bertz CT molecular complexity index is 296. The lowest BCUT2D eigenvalue weighted by atomic mass is 9.78. The Kier molecular flexibility index (Phi) is 6.07. The van der Waals surface area contributed by atoms with Gasteiger partial charge < -0.3 is 21.5 Å². The fourth-order valence-electron chi connectivity index (χ4n) is 2.27. The monoisotopic (exact) mass is 257 g/mol. The molecular formula is C12H23N3O3. The van der Waals surface area contributed by atoms with Gasteiger partial charge in [0.25, 0.3) is 0 Å². The smallest absolute Gasteiger partial charge is 0.243 e. The Hall–Kier alpha value is -1.14. The molecule has 3 unspecified atom stereocenters. The molecule has 104 valence electrons. The zero-order valence-electron chi connectivity index (χ0n) is 10.9. The molecule has 0 bridgehead atoms. The van der Waals surface area contributed by atoms with Crippen LogP contribution in [0.15, 0.2) is 0 Å². The van der Waals surface area contributed by atoms with Crippen molar-refractivity contribution in [3.63, 3.8) is 0 Å².